The zero-order valence-corrected chi connectivity index (χ0v) is 10.1. The Bertz CT molecular complexity index is 168. The Balaban J connectivity index is 3.46. The molecule has 15 heavy (non-hydrogen) atoms. The van der Waals surface area contributed by atoms with Crippen LogP contribution in [0.4, 0.5) is 0 Å². The first-order valence-electron chi connectivity index (χ1n) is 5.77. The number of carbonyl (C=O) groups excluding carboxylic acids is 1. The van der Waals surface area contributed by atoms with Crippen molar-refractivity contribution in [2.45, 2.75) is 39.7 Å². The van der Waals surface area contributed by atoms with Gasteiger partial charge in [0.2, 0.25) is 5.91 Å². The highest BCUT2D eigenvalue weighted by Crippen LogP contribution is 1.94. The molecular weight excluding hydrogens is 192 g/mol. The van der Waals surface area contributed by atoms with Crippen LogP contribution in [0.25, 0.3) is 0 Å². The first kappa shape index (κ1) is 14.4. The van der Waals surface area contributed by atoms with Crippen LogP contribution in [0.1, 0.15) is 33.6 Å². The molecule has 0 spiro atoms. The van der Waals surface area contributed by atoms with Crippen LogP contribution in [0, 0.1) is 0 Å². The van der Waals surface area contributed by atoms with Crippen LogP contribution in [0.2, 0.25) is 0 Å². The molecule has 1 unspecified atom stereocenters. The molecule has 0 aliphatic carbocycles. The van der Waals surface area contributed by atoms with Gasteiger partial charge >= 0.3 is 0 Å². The molecule has 0 fully saturated rings. The van der Waals surface area contributed by atoms with Gasteiger partial charge in [0.1, 0.15) is 0 Å². The van der Waals surface area contributed by atoms with Crippen LogP contribution in [0.5, 0.6) is 0 Å². The van der Waals surface area contributed by atoms with Crippen molar-refractivity contribution in [2.75, 3.05) is 26.2 Å². The Kier molecular flexibility index (Phi) is 8.33. The Morgan fingerprint density at radius 1 is 1.40 bits per heavy atom. The molecule has 0 aliphatic rings. The van der Waals surface area contributed by atoms with Crippen molar-refractivity contribution in [3.63, 3.8) is 0 Å². The van der Waals surface area contributed by atoms with Crippen LogP contribution in [-0.4, -0.2) is 48.2 Å². The second kappa shape index (κ2) is 8.68. The van der Waals surface area contributed by atoms with E-state index in [1.807, 2.05) is 0 Å². The van der Waals surface area contributed by atoms with Crippen LogP contribution in [-0.2, 0) is 4.79 Å². The number of hydrogen-bond acceptors (Lipinski definition) is 3. The van der Waals surface area contributed by atoms with E-state index in [0.29, 0.717) is 19.4 Å². The van der Waals surface area contributed by atoms with Gasteiger partial charge in [0.05, 0.1) is 6.10 Å². The first-order valence-corrected chi connectivity index (χ1v) is 5.77. The van der Waals surface area contributed by atoms with E-state index < -0.39 is 6.10 Å². The van der Waals surface area contributed by atoms with E-state index in [1.165, 1.54) is 0 Å². The van der Waals surface area contributed by atoms with Crippen LogP contribution in [0.3, 0.4) is 0 Å². The Labute approximate surface area is 92.7 Å². The van der Waals surface area contributed by atoms with E-state index in [9.17, 15) is 4.79 Å². The highest BCUT2D eigenvalue weighted by molar-refractivity contribution is 5.75. The average molecular weight is 216 g/mol. The molecule has 0 aliphatic heterocycles. The SMILES string of the molecule is CCN(CC)CCNC(=O)CCC(C)O. The number of hydrogen-bond donors (Lipinski definition) is 2. The Morgan fingerprint density at radius 2 is 2.00 bits per heavy atom. The summed E-state index contributed by atoms with van der Waals surface area (Å²) >= 11 is 0. The molecule has 0 aromatic rings. The molecule has 4 nitrogen and oxygen atoms in total. The Hall–Kier alpha value is -0.610. The van der Waals surface area contributed by atoms with E-state index in [-0.39, 0.29) is 5.91 Å². The number of nitrogens with zero attached hydrogens (tertiary/aromatic N) is 1. The van der Waals surface area contributed by atoms with Gasteiger partial charge in [0.15, 0.2) is 0 Å². The predicted molar refractivity (Wildman–Crippen MR) is 61.7 cm³/mol. The van der Waals surface area contributed by atoms with Crippen molar-refractivity contribution >= 4 is 5.91 Å². The van der Waals surface area contributed by atoms with E-state index in [2.05, 4.69) is 24.1 Å². The molecule has 90 valence electrons. The fourth-order valence-electron chi connectivity index (χ4n) is 1.32. The zero-order chi connectivity index (χ0) is 11.7. The third-order valence-corrected chi connectivity index (χ3v) is 2.43. The second-order valence-electron chi connectivity index (χ2n) is 3.76. The van der Waals surface area contributed by atoms with Crippen molar-refractivity contribution in [1.82, 2.24) is 10.2 Å². The molecule has 2 N–H and O–H groups in total. The van der Waals surface area contributed by atoms with Crippen molar-refractivity contribution in [2.24, 2.45) is 0 Å². The molecule has 1 amide bonds. The summed E-state index contributed by atoms with van der Waals surface area (Å²) in [4.78, 5) is 13.5. The largest absolute Gasteiger partial charge is 0.393 e. The summed E-state index contributed by atoms with van der Waals surface area (Å²) in [5.41, 5.74) is 0. The molecule has 0 saturated carbocycles. The number of aliphatic hydroxyl groups excluding tert-OH is 1. The maximum atomic E-state index is 11.3. The maximum absolute atomic E-state index is 11.3. The summed E-state index contributed by atoms with van der Waals surface area (Å²) in [5, 5.41) is 11.8. The highest BCUT2D eigenvalue weighted by atomic mass is 16.3. The van der Waals surface area contributed by atoms with Gasteiger partial charge in [0.25, 0.3) is 0 Å². The van der Waals surface area contributed by atoms with Crippen molar-refractivity contribution in [1.29, 1.82) is 0 Å². The number of amides is 1. The van der Waals surface area contributed by atoms with E-state index in [0.717, 1.165) is 19.6 Å². The zero-order valence-electron chi connectivity index (χ0n) is 10.1. The normalized spacial score (nSPS) is 12.9. The van der Waals surface area contributed by atoms with Gasteiger partial charge in [-0.15, -0.1) is 0 Å². The Morgan fingerprint density at radius 3 is 2.47 bits per heavy atom. The topological polar surface area (TPSA) is 52.6 Å². The highest BCUT2D eigenvalue weighted by Gasteiger charge is 2.04. The van der Waals surface area contributed by atoms with Crippen molar-refractivity contribution in [3.8, 4) is 0 Å². The molecule has 0 heterocycles. The smallest absolute Gasteiger partial charge is 0.220 e. The standard InChI is InChI=1S/C11H24N2O2/c1-4-13(5-2)9-8-12-11(15)7-6-10(3)14/h10,14H,4-9H2,1-3H3,(H,12,15). The summed E-state index contributed by atoms with van der Waals surface area (Å²) in [6.45, 7) is 9.54. The molecular formula is C11H24N2O2. The lowest BCUT2D eigenvalue weighted by Gasteiger charge is -2.17. The molecule has 0 radical (unpaired) electrons. The molecule has 4 heteroatoms. The summed E-state index contributed by atoms with van der Waals surface area (Å²) in [5.74, 6) is 0.0306. The van der Waals surface area contributed by atoms with E-state index in [1.54, 1.807) is 6.92 Å². The van der Waals surface area contributed by atoms with Gasteiger partial charge in [-0.2, -0.15) is 0 Å². The average Bonchev–Trinajstić information content (AvgIpc) is 2.21. The van der Waals surface area contributed by atoms with E-state index in [4.69, 9.17) is 5.11 Å². The molecule has 0 aromatic carbocycles. The lowest BCUT2D eigenvalue weighted by atomic mass is 10.2. The predicted octanol–water partition coefficient (Wildman–Crippen LogP) is 0.605. The summed E-state index contributed by atoms with van der Waals surface area (Å²) in [6.07, 6.45) is 0.561. The van der Waals surface area contributed by atoms with Crippen LogP contribution >= 0.6 is 0 Å². The monoisotopic (exact) mass is 216 g/mol. The minimum Gasteiger partial charge on any atom is -0.393 e. The van der Waals surface area contributed by atoms with Crippen LogP contribution in [0.15, 0.2) is 0 Å². The van der Waals surface area contributed by atoms with Gasteiger partial charge in [-0.3, -0.25) is 4.79 Å². The number of likely N-dealkylation sites (N-methyl/N-ethyl adjacent to an activating group) is 1. The molecule has 0 aromatic heterocycles. The number of nitrogens with one attached hydrogen (secondary N) is 1. The minimum atomic E-state index is -0.390. The quantitative estimate of drug-likeness (QED) is 0.625. The molecule has 0 saturated heterocycles. The summed E-state index contributed by atoms with van der Waals surface area (Å²) in [6, 6.07) is 0. The fourth-order valence-corrected chi connectivity index (χ4v) is 1.32. The van der Waals surface area contributed by atoms with Gasteiger partial charge in [0, 0.05) is 19.5 Å². The third kappa shape index (κ3) is 8.39. The maximum Gasteiger partial charge on any atom is 0.220 e. The minimum absolute atomic E-state index is 0.0306. The van der Waals surface area contributed by atoms with Gasteiger partial charge < -0.3 is 15.3 Å². The lowest BCUT2D eigenvalue weighted by molar-refractivity contribution is -0.121. The lowest BCUT2D eigenvalue weighted by Crippen LogP contribution is -2.34. The van der Waals surface area contributed by atoms with Crippen LogP contribution < -0.4 is 5.32 Å². The fraction of sp³-hybridized carbons (Fsp3) is 0.909. The summed E-state index contributed by atoms with van der Waals surface area (Å²) < 4.78 is 0. The third-order valence-electron chi connectivity index (χ3n) is 2.43. The molecule has 1 atom stereocenters. The first-order chi connectivity index (χ1) is 7.10. The second-order valence-corrected chi connectivity index (χ2v) is 3.76. The van der Waals surface area contributed by atoms with Gasteiger partial charge in [-0.1, -0.05) is 13.8 Å². The number of aliphatic hydroxyl groups is 1. The summed E-state index contributed by atoms with van der Waals surface area (Å²) in [7, 11) is 0. The molecule has 0 rings (SSSR count). The molecule has 0 bridgehead atoms. The van der Waals surface area contributed by atoms with Crippen molar-refractivity contribution < 1.29 is 9.90 Å². The van der Waals surface area contributed by atoms with Gasteiger partial charge in [-0.25, -0.2) is 0 Å². The number of rotatable bonds is 8. The van der Waals surface area contributed by atoms with E-state index >= 15 is 0 Å². The van der Waals surface area contributed by atoms with Crippen molar-refractivity contribution in [3.05, 3.63) is 0 Å². The van der Waals surface area contributed by atoms with Gasteiger partial charge in [-0.05, 0) is 26.4 Å². The number of carbonyl (C=O) groups is 1.